The molecule has 1 aromatic rings. The summed E-state index contributed by atoms with van der Waals surface area (Å²) in [5.74, 6) is -1.46. The van der Waals surface area contributed by atoms with Crippen LogP contribution in [-0.4, -0.2) is 30.5 Å². The van der Waals surface area contributed by atoms with Crippen molar-refractivity contribution in [3.63, 3.8) is 0 Å². The van der Waals surface area contributed by atoms with Gasteiger partial charge in [-0.05, 0) is 18.6 Å². The number of amides is 1. The number of aryl methyl sites for hydroxylation is 1. The number of methoxy groups -OCH3 is 1. The second-order valence-corrected chi connectivity index (χ2v) is 5.21. The average Bonchev–Trinajstić information content (AvgIpc) is 2.78. The van der Waals surface area contributed by atoms with Crippen molar-refractivity contribution >= 4 is 34.9 Å². The first kappa shape index (κ1) is 15.2. The van der Waals surface area contributed by atoms with Crippen molar-refractivity contribution in [3.8, 4) is 0 Å². The fourth-order valence-corrected chi connectivity index (χ4v) is 2.72. The molecular formula is C13H13ClN2O5. The number of hydrogen-bond acceptors (Lipinski definition) is 5. The summed E-state index contributed by atoms with van der Waals surface area (Å²) in [6, 6.07) is 2.74. The molecule has 1 fully saturated rings. The maximum atomic E-state index is 12.1. The summed E-state index contributed by atoms with van der Waals surface area (Å²) >= 11 is 5.83. The van der Waals surface area contributed by atoms with Crippen LogP contribution in [0.25, 0.3) is 0 Å². The molecule has 7 nitrogen and oxygen atoms in total. The molecule has 1 aliphatic rings. The first-order valence-electron chi connectivity index (χ1n) is 6.18. The van der Waals surface area contributed by atoms with Crippen LogP contribution in [0, 0.1) is 23.0 Å². The molecule has 1 aliphatic heterocycles. The Bertz CT molecular complexity index is 631. The Balaban J connectivity index is 2.45. The number of anilines is 1. The molecule has 0 aliphatic carbocycles. The maximum Gasteiger partial charge on any atom is 0.311 e. The fraction of sp³-hybridized carbons (Fsp3) is 0.385. The molecule has 1 heterocycles. The Morgan fingerprint density at radius 2 is 2.19 bits per heavy atom. The molecule has 0 saturated carbocycles. The number of carbonyl (C=O) groups is 2. The predicted octanol–water partition coefficient (Wildman–Crippen LogP) is 2.08. The lowest BCUT2D eigenvalue weighted by Crippen LogP contribution is -2.27. The third-order valence-corrected chi connectivity index (χ3v) is 3.59. The summed E-state index contributed by atoms with van der Waals surface area (Å²) in [6.45, 7) is 1.70. The highest BCUT2D eigenvalue weighted by Gasteiger charge is 2.39. The molecule has 1 atom stereocenters. The van der Waals surface area contributed by atoms with Crippen LogP contribution in [0.1, 0.15) is 12.0 Å². The van der Waals surface area contributed by atoms with E-state index in [1.165, 1.54) is 18.1 Å². The third-order valence-electron chi connectivity index (χ3n) is 3.37. The van der Waals surface area contributed by atoms with E-state index < -0.39 is 16.8 Å². The molecule has 8 heteroatoms. The average molecular weight is 313 g/mol. The van der Waals surface area contributed by atoms with Crippen molar-refractivity contribution in [2.75, 3.05) is 18.6 Å². The van der Waals surface area contributed by atoms with Crippen molar-refractivity contribution in [1.29, 1.82) is 0 Å². The zero-order chi connectivity index (χ0) is 15.7. The van der Waals surface area contributed by atoms with Crippen molar-refractivity contribution in [1.82, 2.24) is 0 Å². The molecule has 1 unspecified atom stereocenters. The van der Waals surface area contributed by atoms with E-state index in [0.717, 1.165) is 0 Å². The van der Waals surface area contributed by atoms with Crippen molar-refractivity contribution in [2.24, 2.45) is 5.92 Å². The topological polar surface area (TPSA) is 89.8 Å². The number of hydrogen-bond donors (Lipinski definition) is 0. The largest absolute Gasteiger partial charge is 0.469 e. The van der Waals surface area contributed by atoms with Gasteiger partial charge in [0.2, 0.25) is 5.91 Å². The van der Waals surface area contributed by atoms with Gasteiger partial charge in [-0.15, -0.1) is 0 Å². The highest BCUT2D eigenvalue weighted by atomic mass is 35.5. The van der Waals surface area contributed by atoms with Crippen LogP contribution in [0.2, 0.25) is 5.02 Å². The first-order valence-corrected chi connectivity index (χ1v) is 6.55. The molecule has 112 valence electrons. The number of halogens is 1. The molecular weight excluding hydrogens is 300 g/mol. The minimum atomic E-state index is -0.614. The van der Waals surface area contributed by atoms with Crippen molar-refractivity contribution in [3.05, 3.63) is 32.8 Å². The van der Waals surface area contributed by atoms with Gasteiger partial charge in [-0.1, -0.05) is 11.6 Å². The number of benzene rings is 1. The number of esters is 1. The maximum absolute atomic E-state index is 12.1. The van der Waals surface area contributed by atoms with Crippen LogP contribution in [0.4, 0.5) is 11.4 Å². The normalized spacial score (nSPS) is 18.0. The fourth-order valence-electron chi connectivity index (χ4n) is 2.46. The molecule has 1 amide bonds. The summed E-state index contributed by atoms with van der Waals surface area (Å²) in [4.78, 5) is 35.5. The van der Waals surface area contributed by atoms with Crippen LogP contribution in [0.3, 0.4) is 0 Å². The Kier molecular flexibility index (Phi) is 4.13. The van der Waals surface area contributed by atoms with Crippen LogP contribution in [0.15, 0.2) is 12.1 Å². The molecule has 0 N–H and O–H groups in total. The summed E-state index contributed by atoms with van der Waals surface area (Å²) in [5, 5.41) is 11.4. The Morgan fingerprint density at radius 1 is 1.52 bits per heavy atom. The lowest BCUT2D eigenvalue weighted by atomic mass is 10.1. The van der Waals surface area contributed by atoms with Gasteiger partial charge in [0.05, 0.1) is 18.0 Å². The number of ether oxygens (including phenoxy) is 1. The van der Waals surface area contributed by atoms with Gasteiger partial charge in [0, 0.05) is 24.1 Å². The van der Waals surface area contributed by atoms with E-state index in [0.29, 0.717) is 5.56 Å². The quantitative estimate of drug-likeness (QED) is 0.484. The molecule has 1 aromatic carbocycles. The zero-order valence-corrected chi connectivity index (χ0v) is 12.2. The van der Waals surface area contributed by atoms with E-state index >= 15 is 0 Å². The lowest BCUT2D eigenvalue weighted by Gasteiger charge is -2.19. The number of nitrogens with zero attached hydrogens (tertiary/aromatic N) is 2. The molecule has 0 bridgehead atoms. The second kappa shape index (κ2) is 5.69. The Hall–Kier alpha value is -2.15. The number of nitro groups is 1. The SMILES string of the molecule is COC(=O)C1CC(=O)N(c2c(C)cc(Cl)cc2[N+](=O)[O-])C1. The van der Waals surface area contributed by atoms with Crippen molar-refractivity contribution < 1.29 is 19.2 Å². The molecule has 21 heavy (non-hydrogen) atoms. The van der Waals surface area contributed by atoms with Gasteiger partial charge in [0.1, 0.15) is 5.69 Å². The van der Waals surface area contributed by atoms with E-state index in [4.69, 9.17) is 11.6 Å². The van der Waals surface area contributed by atoms with Gasteiger partial charge in [-0.3, -0.25) is 19.7 Å². The first-order chi connectivity index (χ1) is 9.85. The van der Waals surface area contributed by atoms with Crippen molar-refractivity contribution in [2.45, 2.75) is 13.3 Å². The highest BCUT2D eigenvalue weighted by molar-refractivity contribution is 6.31. The summed E-state index contributed by atoms with van der Waals surface area (Å²) in [5.41, 5.74) is 0.438. The van der Waals surface area contributed by atoms with Gasteiger partial charge in [-0.2, -0.15) is 0 Å². The number of nitro benzene ring substituents is 1. The smallest absolute Gasteiger partial charge is 0.311 e. The second-order valence-electron chi connectivity index (χ2n) is 4.78. The van der Waals surface area contributed by atoms with E-state index in [1.807, 2.05) is 0 Å². The Morgan fingerprint density at radius 3 is 2.76 bits per heavy atom. The zero-order valence-electron chi connectivity index (χ0n) is 11.5. The minimum absolute atomic E-state index is 0.0219. The molecule has 0 spiro atoms. The highest BCUT2D eigenvalue weighted by Crippen LogP contribution is 2.38. The van der Waals surface area contributed by atoms with Crippen LogP contribution < -0.4 is 4.90 Å². The molecule has 0 aromatic heterocycles. The van der Waals surface area contributed by atoms with Crippen LogP contribution >= 0.6 is 11.6 Å². The van der Waals surface area contributed by atoms with Gasteiger partial charge < -0.3 is 9.64 Å². The molecule has 2 rings (SSSR count). The lowest BCUT2D eigenvalue weighted by molar-refractivity contribution is -0.384. The van der Waals surface area contributed by atoms with E-state index in [1.54, 1.807) is 13.0 Å². The standard InChI is InChI=1S/C13H13ClN2O5/c1-7-3-9(14)5-10(16(19)20)12(7)15-6-8(4-11(15)17)13(18)21-2/h3,5,8H,4,6H2,1-2H3. The van der Waals surface area contributed by atoms with Gasteiger partial charge in [-0.25, -0.2) is 0 Å². The van der Waals surface area contributed by atoms with E-state index in [9.17, 15) is 19.7 Å². The van der Waals surface area contributed by atoms with Gasteiger partial charge >= 0.3 is 5.97 Å². The number of rotatable bonds is 3. The van der Waals surface area contributed by atoms with Gasteiger partial charge in [0.15, 0.2) is 0 Å². The molecule has 1 saturated heterocycles. The van der Waals surface area contributed by atoms with Gasteiger partial charge in [0.25, 0.3) is 5.69 Å². The third kappa shape index (κ3) is 2.82. The Labute approximate surface area is 125 Å². The predicted molar refractivity (Wildman–Crippen MR) is 75.3 cm³/mol. The van der Waals surface area contributed by atoms with E-state index in [2.05, 4.69) is 4.74 Å². The van der Waals surface area contributed by atoms with Crippen LogP contribution in [0.5, 0.6) is 0 Å². The number of carbonyl (C=O) groups excluding carboxylic acids is 2. The summed E-state index contributed by atoms with van der Waals surface area (Å²) in [6.07, 6.45) is -0.0219. The molecule has 0 radical (unpaired) electrons. The minimum Gasteiger partial charge on any atom is -0.469 e. The monoisotopic (exact) mass is 312 g/mol. The van der Waals surface area contributed by atoms with E-state index in [-0.39, 0.29) is 35.3 Å². The summed E-state index contributed by atoms with van der Waals surface area (Å²) < 4.78 is 4.62. The summed E-state index contributed by atoms with van der Waals surface area (Å²) in [7, 11) is 1.24. The van der Waals surface area contributed by atoms with Crippen LogP contribution in [-0.2, 0) is 14.3 Å².